The molecule has 2 rings (SSSR count). The van der Waals surface area contributed by atoms with E-state index in [9.17, 15) is 14.4 Å². The molecule has 0 aliphatic rings. The Morgan fingerprint density at radius 1 is 1.05 bits per heavy atom. The number of aryl methyl sites for hydroxylation is 2. The van der Waals surface area contributed by atoms with Crippen LogP contribution >= 0.6 is 11.8 Å². The summed E-state index contributed by atoms with van der Waals surface area (Å²) in [7, 11) is 0. The molecule has 200 valence electrons. The maximum Gasteiger partial charge on any atom is 0.408 e. The number of ether oxygens (including phenoxy) is 1. The highest BCUT2D eigenvalue weighted by atomic mass is 32.2. The first-order chi connectivity index (χ1) is 17.5. The molecule has 2 unspecified atom stereocenters. The van der Waals surface area contributed by atoms with E-state index >= 15 is 0 Å². The molecule has 2 atom stereocenters. The quantitative estimate of drug-likeness (QED) is 0.371. The minimum atomic E-state index is -0.942. The highest BCUT2D eigenvalue weighted by Crippen LogP contribution is 2.27. The molecule has 0 aliphatic heterocycles. The maximum absolute atomic E-state index is 14.0. The Morgan fingerprint density at radius 2 is 1.68 bits per heavy atom. The molecule has 0 fully saturated rings. The normalized spacial score (nSPS) is 12.7. The van der Waals surface area contributed by atoms with Gasteiger partial charge in [-0.05, 0) is 69.7 Å². The van der Waals surface area contributed by atoms with Gasteiger partial charge in [-0.3, -0.25) is 9.59 Å². The molecule has 0 saturated carbocycles. The zero-order chi connectivity index (χ0) is 27.6. The predicted octanol–water partition coefficient (Wildman–Crippen LogP) is 5.64. The lowest BCUT2D eigenvalue weighted by Gasteiger charge is -2.34. The average molecular weight is 526 g/mol. The number of benzene rings is 2. The van der Waals surface area contributed by atoms with Crippen molar-refractivity contribution in [3.63, 3.8) is 0 Å². The number of amides is 3. The van der Waals surface area contributed by atoms with Gasteiger partial charge in [0.25, 0.3) is 5.91 Å². The van der Waals surface area contributed by atoms with Crippen molar-refractivity contribution in [1.29, 1.82) is 0 Å². The van der Waals surface area contributed by atoms with Crippen LogP contribution in [0.4, 0.5) is 10.5 Å². The van der Waals surface area contributed by atoms with E-state index in [2.05, 4.69) is 17.2 Å². The van der Waals surface area contributed by atoms with Gasteiger partial charge in [0.2, 0.25) is 5.91 Å². The van der Waals surface area contributed by atoms with Crippen LogP contribution in [0.5, 0.6) is 0 Å². The Balaban J connectivity index is 2.48. The number of carbonyl (C=O) groups excluding carboxylic acids is 3. The van der Waals surface area contributed by atoms with Gasteiger partial charge < -0.3 is 20.3 Å². The molecule has 0 radical (unpaired) electrons. The summed E-state index contributed by atoms with van der Waals surface area (Å²) < 4.78 is 5.41. The SMILES string of the molecule is C=CCN(C(=O)C(CCSC)NC(=O)OC(C)(C)C)C(C(=O)Nc1c(C)cccc1C)c1ccccc1. The van der Waals surface area contributed by atoms with Crippen molar-refractivity contribution in [3.05, 3.63) is 77.9 Å². The molecular weight excluding hydrogens is 486 g/mol. The van der Waals surface area contributed by atoms with E-state index in [0.29, 0.717) is 23.4 Å². The van der Waals surface area contributed by atoms with Crippen LogP contribution in [0.2, 0.25) is 0 Å². The van der Waals surface area contributed by atoms with E-state index in [4.69, 9.17) is 4.74 Å². The van der Waals surface area contributed by atoms with Crippen LogP contribution in [0.1, 0.15) is 49.9 Å². The minimum Gasteiger partial charge on any atom is -0.444 e. The molecule has 37 heavy (non-hydrogen) atoms. The van der Waals surface area contributed by atoms with Crippen LogP contribution in [0.25, 0.3) is 0 Å². The number of nitrogens with one attached hydrogen (secondary N) is 2. The summed E-state index contributed by atoms with van der Waals surface area (Å²) in [6, 6.07) is 13.1. The summed E-state index contributed by atoms with van der Waals surface area (Å²) in [5.74, 6) is -0.0938. The molecule has 0 spiro atoms. The Hall–Kier alpha value is -3.26. The number of rotatable bonds is 11. The number of para-hydroxylation sites is 1. The van der Waals surface area contributed by atoms with Crippen molar-refractivity contribution in [2.24, 2.45) is 0 Å². The van der Waals surface area contributed by atoms with Crippen LogP contribution in [0, 0.1) is 13.8 Å². The summed E-state index contributed by atoms with van der Waals surface area (Å²) in [5.41, 5.74) is 2.50. The zero-order valence-corrected chi connectivity index (χ0v) is 23.5. The third kappa shape index (κ3) is 8.97. The summed E-state index contributed by atoms with van der Waals surface area (Å²) >= 11 is 1.57. The number of hydrogen-bond donors (Lipinski definition) is 2. The van der Waals surface area contributed by atoms with Crippen molar-refractivity contribution in [3.8, 4) is 0 Å². The molecule has 8 heteroatoms. The Bertz CT molecular complexity index is 1060. The smallest absolute Gasteiger partial charge is 0.408 e. The van der Waals surface area contributed by atoms with Gasteiger partial charge >= 0.3 is 6.09 Å². The highest BCUT2D eigenvalue weighted by Gasteiger charge is 2.35. The predicted molar refractivity (Wildman–Crippen MR) is 152 cm³/mol. The van der Waals surface area contributed by atoms with E-state index in [1.54, 1.807) is 38.6 Å². The van der Waals surface area contributed by atoms with Crippen LogP contribution in [-0.2, 0) is 14.3 Å². The Labute approximate surface area is 225 Å². The molecule has 2 aromatic rings. The third-order valence-corrected chi connectivity index (χ3v) is 6.26. The van der Waals surface area contributed by atoms with Gasteiger partial charge in [0.15, 0.2) is 0 Å². The van der Waals surface area contributed by atoms with Gasteiger partial charge in [-0.1, -0.05) is 54.6 Å². The Kier molecular flexibility index (Phi) is 11.2. The topological polar surface area (TPSA) is 87.7 Å². The number of anilines is 1. The van der Waals surface area contributed by atoms with Gasteiger partial charge in [-0.2, -0.15) is 11.8 Å². The van der Waals surface area contributed by atoms with E-state index in [1.165, 1.54) is 4.90 Å². The zero-order valence-electron chi connectivity index (χ0n) is 22.7. The summed E-state index contributed by atoms with van der Waals surface area (Å²) in [5, 5.41) is 5.77. The largest absolute Gasteiger partial charge is 0.444 e. The van der Waals surface area contributed by atoms with Crippen molar-refractivity contribution in [2.75, 3.05) is 23.9 Å². The molecule has 0 aromatic heterocycles. The molecule has 2 N–H and O–H groups in total. The second kappa shape index (κ2) is 13.9. The standard InChI is InChI=1S/C29H39N3O4S/c1-8-18-32(27(34)23(17-19-37-7)30-28(35)36-29(4,5)6)25(22-15-10-9-11-16-22)26(33)31-24-20(2)13-12-14-21(24)3/h8-16,23,25H,1,17-19H2,2-7H3,(H,30,35)(H,31,33). The van der Waals surface area contributed by atoms with Crippen LogP contribution < -0.4 is 10.6 Å². The molecule has 3 amide bonds. The van der Waals surface area contributed by atoms with Crippen LogP contribution in [0.15, 0.2) is 61.2 Å². The lowest BCUT2D eigenvalue weighted by Crippen LogP contribution is -2.52. The minimum absolute atomic E-state index is 0.115. The number of thioether (sulfide) groups is 1. The van der Waals surface area contributed by atoms with E-state index < -0.39 is 23.8 Å². The molecule has 0 saturated heterocycles. The van der Waals surface area contributed by atoms with Crippen LogP contribution in [-0.4, -0.2) is 53.0 Å². The summed E-state index contributed by atoms with van der Waals surface area (Å²) in [4.78, 5) is 41.9. The van der Waals surface area contributed by atoms with E-state index in [1.807, 2.05) is 68.6 Å². The highest BCUT2D eigenvalue weighted by molar-refractivity contribution is 7.98. The van der Waals surface area contributed by atoms with Crippen molar-refractivity contribution < 1.29 is 19.1 Å². The van der Waals surface area contributed by atoms with Gasteiger partial charge in [-0.25, -0.2) is 4.79 Å². The molecule has 0 heterocycles. The molecule has 7 nitrogen and oxygen atoms in total. The first kappa shape index (κ1) is 30.0. The fraction of sp³-hybridized carbons (Fsp3) is 0.414. The molecule has 0 aliphatic carbocycles. The van der Waals surface area contributed by atoms with Gasteiger partial charge in [0.1, 0.15) is 17.7 Å². The van der Waals surface area contributed by atoms with E-state index in [0.717, 1.165) is 11.1 Å². The summed E-state index contributed by atoms with van der Waals surface area (Å²) in [6.45, 7) is 13.1. The Morgan fingerprint density at radius 3 is 2.22 bits per heavy atom. The molecule has 2 aromatic carbocycles. The first-order valence-corrected chi connectivity index (χ1v) is 13.7. The van der Waals surface area contributed by atoms with E-state index in [-0.39, 0.29) is 18.4 Å². The number of carbonyl (C=O) groups is 3. The third-order valence-electron chi connectivity index (χ3n) is 5.61. The second-order valence-electron chi connectivity index (χ2n) is 9.83. The maximum atomic E-state index is 14.0. The van der Waals surface area contributed by atoms with Gasteiger partial charge in [0, 0.05) is 12.2 Å². The van der Waals surface area contributed by atoms with Gasteiger partial charge in [-0.15, -0.1) is 6.58 Å². The fourth-order valence-electron chi connectivity index (χ4n) is 3.92. The first-order valence-electron chi connectivity index (χ1n) is 12.3. The number of nitrogens with zero attached hydrogens (tertiary/aromatic N) is 1. The summed E-state index contributed by atoms with van der Waals surface area (Å²) in [6.07, 6.45) is 3.22. The average Bonchev–Trinajstić information content (AvgIpc) is 2.83. The lowest BCUT2D eigenvalue weighted by atomic mass is 10.0. The molecule has 0 bridgehead atoms. The van der Waals surface area contributed by atoms with Crippen molar-refractivity contribution in [1.82, 2.24) is 10.2 Å². The second-order valence-corrected chi connectivity index (χ2v) is 10.8. The number of hydrogen-bond acceptors (Lipinski definition) is 5. The molecular formula is C29H39N3O4S. The monoisotopic (exact) mass is 525 g/mol. The van der Waals surface area contributed by atoms with Crippen LogP contribution in [0.3, 0.4) is 0 Å². The van der Waals surface area contributed by atoms with Gasteiger partial charge in [0.05, 0.1) is 0 Å². The van der Waals surface area contributed by atoms with Crippen molar-refractivity contribution in [2.45, 2.75) is 58.7 Å². The number of alkyl carbamates (subject to hydrolysis) is 1. The lowest BCUT2D eigenvalue weighted by molar-refractivity contribution is -0.140. The fourth-order valence-corrected chi connectivity index (χ4v) is 4.39. The van der Waals surface area contributed by atoms with Crippen molar-refractivity contribution >= 4 is 35.4 Å².